The van der Waals surface area contributed by atoms with Crippen molar-refractivity contribution in [1.82, 2.24) is 5.32 Å². The molecule has 2 amide bonds. The molecule has 0 aliphatic carbocycles. The lowest BCUT2D eigenvalue weighted by Crippen LogP contribution is -3.11. The van der Waals surface area contributed by atoms with E-state index in [0.717, 1.165) is 36.2 Å². The van der Waals surface area contributed by atoms with Crippen LogP contribution in [0.2, 0.25) is 0 Å². The van der Waals surface area contributed by atoms with Crippen LogP contribution in [0.1, 0.15) is 34.9 Å². The minimum atomic E-state index is -0.196. The van der Waals surface area contributed by atoms with E-state index in [9.17, 15) is 9.59 Å². The topological polar surface area (TPSA) is 62.6 Å². The van der Waals surface area contributed by atoms with E-state index >= 15 is 0 Å². The molecule has 1 aromatic carbocycles. The molecule has 0 spiro atoms. The lowest BCUT2D eigenvalue weighted by Gasteiger charge is -2.20. The maximum atomic E-state index is 12.3. The van der Waals surface area contributed by atoms with Crippen molar-refractivity contribution in [2.75, 3.05) is 25.0 Å². The number of aryl methyl sites for hydroxylation is 1. The van der Waals surface area contributed by atoms with Crippen LogP contribution >= 0.6 is 11.3 Å². The summed E-state index contributed by atoms with van der Waals surface area (Å²) in [7, 11) is 0. The lowest BCUT2D eigenvalue weighted by atomic mass is 10.1. The second-order valence-electron chi connectivity index (χ2n) is 6.87. The minimum absolute atomic E-state index is 0.00314. The molecule has 6 heteroatoms. The van der Waals surface area contributed by atoms with Gasteiger partial charge in [0, 0.05) is 18.5 Å². The van der Waals surface area contributed by atoms with Crippen LogP contribution in [0.25, 0.3) is 0 Å². The number of nitrogens with one attached hydrogen (secondary N) is 3. The number of thiophene rings is 1. The summed E-state index contributed by atoms with van der Waals surface area (Å²) in [5, 5.41) is 7.72. The van der Waals surface area contributed by atoms with Gasteiger partial charge in [0.05, 0.1) is 18.0 Å². The summed E-state index contributed by atoms with van der Waals surface area (Å²) in [5.41, 5.74) is 2.98. The smallest absolute Gasteiger partial charge is 0.275 e. The van der Waals surface area contributed by atoms with Gasteiger partial charge in [-0.2, -0.15) is 0 Å². The van der Waals surface area contributed by atoms with Crippen LogP contribution in [0.15, 0.2) is 35.7 Å². The highest BCUT2D eigenvalue weighted by Gasteiger charge is 2.32. The predicted octanol–water partition coefficient (Wildman–Crippen LogP) is 1.84. The first kappa shape index (κ1) is 18.6. The van der Waals surface area contributed by atoms with Crippen LogP contribution < -0.4 is 15.5 Å². The van der Waals surface area contributed by atoms with Gasteiger partial charge in [0.2, 0.25) is 5.91 Å². The van der Waals surface area contributed by atoms with Crippen molar-refractivity contribution in [3.05, 3.63) is 51.7 Å². The zero-order valence-electron chi connectivity index (χ0n) is 15.3. The van der Waals surface area contributed by atoms with Crippen LogP contribution in [0.3, 0.4) is 0 Å². The summed E-state index contributed by atoms with van der Waals surface area (Å²) in [6.45, 7) is 5.41. The Hall–Kier alpha value is -2.18. The summed E-state index contributed by atoms with van der Waals surface area (Å²) in [6.07, 6.45) is 2.26. The van der Waals surface area contributed by atoms with Crippen LogP contribution in [0, 0.1) is 13.8 Å². The third-order valence-corrected chi connectivity index (χ3v) is 6.07. The summed E-state index contributed by atoms with van der Waals surface area (Å²) < 4.78 is 0. The molecule has 3 N–H and O–H groups in total. The third-order valence-electron chi connectivity index (χ3n) is 5.08. The Balaban J connectivity index is 1.48. The van der Waals surface area contributed by atoms with Gasteiger partial charge in [-0.15, -0.1) is 11.3 Å². The monoisotopic (exact) mass is 372 g/mol. The van der Waals surface area contributed by atoms with Gasteiger partial charge in [0.1, 0.15) is 6.04 Å². The van der Waals surface area contributed by atoms with Gasteiger partial charge >= 0.3 is 0 Å². The molecule has 1 saturated heterocycles. The number of carbonyl (C=O) groups excluding carboxylic acids is 2. The number of rotatable bonds is 6. The van der Waals surface area contributed by atoms with Crippen LogP contribution in [-0.4, -0.2) is 31.4 Å². The quantitative estimate of drug-likeness (QED) is 0.725. The van der Waals surface area contributed by atoms with Gasteiger partial charge in [0.25, 0.3) is 5.91 Å². The molecule has 138 valence electrons. The largest absolute Gasteiger partial charge is 0.342 e. The van der Waals surface area contributed by atoms with Gasteiger partial charge in [-0.25, -0.2) is 0 Å². The van der Waals surface area contributed by atoms with Gasteiger partial charge in [-0.3, -0.25) is 9.59 Å². The molecule has 3 rings (SSSR count). The number of hydrogen-bond acceptors (Lipinski definition) is 3. The molecule has 1 aromatic heterocycles. The Morgan fingerprint density at radius 3 is 2.81 bits per heavy atom. The van der Waals surface area contributed by atoms with Crippen molar-refractivity contribution in [3.8, 4) is 0 Å². The number of benzene rings is 1. The van der Waals surface area contributed by atoms with E-state index in [4.69, 9.17) is 0 Å². The first-order chi connectivity index (χ1) is 12.5. The fourth-order valence-corrected chi connectivity index (χ4v) is 4.40. The number of quaternary nitrogens is 1. The molecular weight excluding hydrogens is 346 g/mol. The maximum absolute atomic E-state index is 12.3. The molecule has 1 aliphatic rings. The molecule has 2 atom stereocenters. The van der Waals surface area contributed by atoms with Crippen molar-refractivity contribution in [2.24, 2.45) is 0 Å². The highest BCUT2D eigenvalue weighted by atomic mass is 32.1. The van der Waals surface area contributed by atoms with Crippen molar-refractivity contribution in [3.63, 3.8) is 0 Å². The van der Waals surface area contributed by atoms with Crippen molar-refractivity contribution >= 4 is 28.8 Å². The summed E-state index contributed by atoms with van der Waals surface area (Å²) in [6, 6.07) is 10.4. The molecule has 1 unspecified atom stereocenters. The predicted molar refractivity (Wildman–Crippen MR) is 105 cm³/mol. The van der Waals surface area contributed by atoms with Crippen LogP contribution in [0.5, 0.6) is 0 Å². The van der Waals surface area contributed by atoms with E-state index < -0.39 is 0 Å². The molecule has 1 aliphatic heterocycles. The Morgan fingerprint density at radius 1 is 1.19 bits per heavy atom. The molecule has 2 heterocycles. The normalized spacial score (nSPS) is 19.3. The molecule has 5 nitrogen and oxygen atoms in total. The van der Waals surface area contributed by atoms with Crippen molar-refractivity contribution in [1.29, 1.82) is 0 Å². The number of likely N-dealkylation sites (tertiary alicyclic amines) is 1. The van der Waals surface area contributed by atoms with E-state index in [1.165, 1.54) is 9.78 Å². The number of hydrogen-bond donors (Lipinski definition) is 3. The Kier molecular flexibility index (Phi) is 6.06. The van der Waals surface area contributed by atoms with E-state index in [1.807, 2.05) is 32.0 Å². The van der Waals surface area contributed by atoms with Gasteiger partial charge in [-0.05, 0) is 42.5 Å². The molecule has 0 bridgehead atoms. The zero-order chi connectivity index (χ0) is 18.5. The molecule has 0 radical (unpaired) electrons. The van der Waals surface area contributed by atoms with Gasteiger partial charge in [0.15, 0.2) is 6.54 Å². The van der Waals surface area contributed by atoms with Gasteiger partial charge < -0.3 is 15.5 Å². The van der Waals surface area contributed by atoms with E-state index in [0.29, 0.717) is 12.6 Å². The number of anilines is 1. The van der Waals surface area contributed by atoms with Crippen molar-refractivity contribution < 1.29 is 14.5 Å². The molecule has 1 fully saturated rings. The maximum Gasteiger partial charge on any atom is 0.275 e. The summed E-state index contributed by atoms with van der Waals surface area (Å²) >= 11 is 1.76. The van der Waals surface area contributed by atoms with Crippen LogP contribution in [-0.2, 0) is 9.59 Å². The molecule has 0 saturated carbocycles. The molecule has 2 aromatic rings. The Bertz CT molecular complexity index is 773. The average Bonchev–Trinajstić information content (AvgIpc) is 3.28. The average molecular weight is 373 g/mol. The molecular formula is C20H26N3O2S+. The fraction of sp³-hybridized carbons (Fsp3) is 0.400. The number of amides is 2. The molecule has 26 heavy (non-hydrogen) atoms. The standard InChI is InChI=1S/C20H25N3O2S/c1-14-6-3-7-16(15(14)2)22-19(24)12-21-20(25)13-23-10-4-8-17(23)18-9-5-11-26-18/h3,5-7,9,11,17H,4,8,10,12-13H2,1-2H3,(H,21,25)(H,22,24)/p+1/t17-/m0/s1. The highest BCUT2D eigenvalue weighted by Crippen LogP contribution is 2.23. The van der Waals surface area contributed by atoms with E-state index in [2.05, 4.69) is 28.1 Å². The van der Waals surface area contributed by atoms with E-state index in [1.54, 1.807) is 11.3 Å². The summed E-state index contributed by atoms with van der Waals surface area (Å²) in [4.78, 5) is 27.1. The second kappa shape index (κ2) is 8.47. The van der Waals surface area contributed by atoms with Crippen molar-refractivity contribution in [2.45, 2.75) is 32.7 Å². The highest BCUT2D eigenvalue weighted by molar-refractivity contribution is 7.10. The SMILES string of the molecule is Cc1cccc(NC(=O)CNC(=O)C[NH+]2CCC[C@H]2c2cccs2)c1C. The van der Waals surface area contributed by atoms with E-state index in [-0.39, 0.29) is 18.4 Å². The first-order valence-corrected chi connectivity index (χ1v) is 9.93. The Labute approximate surface area is 158 Å². The first-order valence-electron chi connectivity index (χ1n) is 9.05. The number of carbonyl (C=O) groups is 2. The van der Waals surface area contributed by atoms with Crippen LogP contribution in [0.4, 0.5) is 5.69 Å². The zero-order valence-corrected chi connectivity index (χ0v) is 16.1. The summed E-state index contributed by atoms with van der Waals surface area (Å²) in [5.74, 6) is -0.266. The minimum Gasteiger partial charge on any atom is -0.342 e. The van der Waals surface area contributed by atoms with Gasteiger partial charge in [-0.1, -0.05) is 18.2 Å². The lowest BCUT2D eigenvalue weighted by molar-refractivity contribution is -0.910. The second-order valence-corrected chi connectivity index (χ2v) is 7.85. The fourth-order valence-electron chi connectivity index (χ4n) is 3.48. The third kappa shape index (κ3) is 4.51. The Morgan fingerprint density at radius 2 is 2.04 bits per heavy atom.